The lowest BCUT2D eigenvalue weighted by atomic mass is 10.2. The standard InChI is InChI=1S/C14H13N3OS2/c1-17(2)13(18)9-20-14-10(8-15)5-6-11(16-14)12-4-3-7-19-12/h3-7H,9H2,1-2H3. The number of rotatable bonds is 4. The van der Waals surface area contributed by atoms with Crippen molar-refractivity contribution in [2.45, 2.75) is 5.03 Å². The van der Waals surface area contributed by atoms with Gasteiger partial charge in [-0.3, -0.25) is 4.79 Å². The number of nitrogens with zero attached hydrogens (tertiary/aromatic N) is 3. The third-order valence-electron chi connectivity index (χ3n) is 2.59. The fourth-order valence-corrected chi connectivity index (χ4v) is 3.10. The minimum Gasteiger partial charge on any atom is -0.348 e. The molecule has 0 atom stereocenters. The van der Waals surface area contributed by atoms with Gasteiger partial charge in [-0.05, 0) is 23.6 Å². The van der Waals surface area contributed by atoms with Crippen LogP contribution in [-0.2, 0) is 4.79 Å². The molecule has 20 heavy (non-hydrogen) atoms. The Kier molecular flexibility index (Phi) is 4.77. The molecule has 0 saturated carbocycles. The number of aromatic nitrogens is 1. The van der Waals surface area contributed by atoms with Crippen LogP contribution in [0.25, 0.3) is 10.6 Å². The van der Waals surface area contributed by atoms with E-state index in [1.807, 2.05) is 23.6 Å². The maximum absolute atomic E-state index is 11.6. The third-order valence-corrected chi connectivity index (χ3v) is 4.45. The van der Waals surface area contributed by atoms with E-state index in [2.05, 4.69) is 11.1 Å². The van der Waals surface area contributed by atoms with Gasteiger partial charge in [-0.1, -0.05) is 17.8 Å². The minimum atomic E-state index is 0.00205. The molecule has 0 N–H and O–H groups in total. The van der Waals surface area contributed by atoms with Crippen LogP contribution in [0.4, 0.5) is 0 Å². The summed E-state index contributed by atoms with van der Waals surface area (Å²) in [6.45, 7) is 0. The third kappa shape index (κ3) is 3.38. The van der Waals surface area contributed by atoms with Crippen LogP contribution >= 0.6 is 23.1 Å². The van der Waals surface area contributed by atoms with Crippen molar-refractivity contribution in [1.82, 2.24) is 9.88 Å². The zero-order valence-electron chi connectivity index (χ0n) is 11.2. The molecule has 6 heteroatoms. The van der Waals surface area contributed by atoms with Gasteiger partial charge in [0.2, 0.25) is 5.91 Å². The van der Waals surface area contributed by atoms with Crippen LogP contribution in [0.15, 0.2) is 34.7 Å². The van der Waals surface area contributed by atoms with E-state index in [1.54, 1.807) is 31.5 Å². The van der Waals surface area contributed by atoms with Gasteiger partial charge >= 0.3 is 0 Å². The van der Waals surface area contributed by atoms with E-state index in [0.717, 1.165) is 10.6 Å². The van der Waals surface area contributed by atoms with E-state index in [4.69, 9.17) is 5.26 Å². The van der Waals surface area contributed by atoms with Crippen molar-refractivity contribution < 1.29 is 4.79 Å². The summed E-state index contributed by atoms with van der Waals surface area (Å²) >= 11 is 2.90. The van der Waals surface area contributed by atoms with Gasteiger partial charge in [-0.25, -0.2) is 4.98 Å². The molecule has 0 unspecified atom stereocenters. The highest BCUT2D eigenvalue weighted by atomic mass is 32.2. The molecular weight excluding hydrogens is 290 g/mol. The molecule has 4 nitrogen and oxygen atoms in total. The lowest BCUT2D eigenvalue weighted by molar-refractivity contribution is -0.125. The van der Waals surface area contributed by atoms with Crippen LogP contribution < -0.4 is 0 Å². The molecule has 2 aromatic heterocycles. The molecule has 2 aromatic rings. The zero-order valence-corrected chi connectivity index (χ0v) is 12.8. The van der Waals surface area contributed by atoms with Gasteiger partial charge in [0.15, 0.2) is 0 Å². The average molecular weight is 303 g/mol. The fourth-order valence-electron chi connectivity index (χ4n) is 1.46. The summed E-state index contributed by atoms with van der Waals surface area (Å²) in [6, 6.07) is 9.65. The van der Waals surface area contributed by atoms with Gasteiger partial charge < -0.3 is 4.90 Å². The second kappa shape index (κ2) is 6.55. The Morgan fingerprint density at radius 2 is 2.25 bits per heavy atom. The van der Waals surface area contributed by atoms with E-state index in [-0.39, 0.29) is 11.7 Å². The highest BCUT2D eigenvalue weighted by molar-refractivity contribution is 8.00. The number of pyridine rings is 1. The summed E-state index contributed by atoms with van der Waals surface area (Å²) in [5.41, 5.74) is 1.33. The molecular formula is C14H13N3OS2. The number of hydrogen-bond donors (Lipinski definition) is 0. The first-order valence-corrected chi connectivity index (χ1v) is 7.76. The van der Waals surface area contributed by atoms with Crippen molar-refractivity contribution in [2.75, 3.05) is 19.8 Å². The SMILES string of the molecule is CN(C)C(=O)CSc1nc(-c2cccs2)ccc1C#N. The monoisotopic (exact) mass is 303 g/mol. The molecule has 2 rings (SSSR count). The molecule has 0 aromatic carbocycles. The highest BCUT2D eigenvalue weighted by Crippen LogP contribution is 2.27. The molecule has 0 aliphatic heterocycles. The molecule has 1 amide bonds. The molecule has 0 aliphatic carbocycles. The van der Waals surface area contributed by atoms with E-state index >= 15 is 0 Å². The summed E-state index contributed by atoms with van der Waals surface area (Å²) in [5.74, 6) is 0.282. The van der Waals surface area contributed by atoms with Crippen molar-refractivity contribution in [1.29, 1.82) is 5.26 Å². The predicted molar refractivity (Wildman–Crippen MR) is 81.7 cm³/mol. The van der Waals surface area contributed by atoms with Crippen LogP contribution in [0.5, 0.6) is 0 Å². The van der Waals surface area contributed by atoms with Crippen LogP contribution in [0.1, 0.15) is 5.56 Å². The number of amides is 1. The topological polar surface area (TPSA) is 57.0 Å². The first-order chi connectivity index (χ1) is 9.61. The molecule has 0 saturated heterocycles. The van der Waals surface area contributed by atoms with Gasteiger partial charge in [0.05, 0.1) is 21.9 Å². The number of thioether (sulfide) groups is 1. The molecule has 0 fully saturated rings. The van der Waals surface area contributed by atoms with Crippen LogP contribution in [0.2, 0.25) is 0 Å². The van der Waals surface area contributed by atoms with Gasteiger partial charge in [0.25, 0.3) is 0 Å². The number of nitriles is 1. The van der Waals surface area contributed by atoms with Crippen molar-refractivity contribution in [3.8, 4) is 16.6 Å². The van der Waals surface area contributed by atoms with Crippen LogP contribution in [-0.4, -0.2) is 35.6 Å². The van der Waals surface area contributed by atoms with Crippen molar-refractivity contribution in [3.05, 3.63) is 35.2 Å². The van der Waals surface area contributed by atoms with Gasteiger partial charge in [0, 0.05) is 14.1 Å². The van der Waals surface area contributed by atoms with E-state index in [1.165, 1.54) is 16.7 Å². The Balaban J connectivity index is 2.24. The molecule has 0 radical (unpaired) electrons. The quantitative estimate of drug-likeness (QED) is 0.815. The summed E-state index contributed by atoms with van der Waals surface area (Å²) in [5, 5.41) is 11.7. The molecule has 0 spiro atoms. The predicted octanol–water partition coefficient (Wildman–Crippen LogP) is 2.86. The minimum absolute atomic E-state index is 0.00205. The second-order valence-corrected chi connectivity index (χ2v) is 6.13. The summed E-state index contributed by atoms with van der Waals surface area (Å²) in [6.07, 6.45) is 0. The first-order valence-electron chi connectivity index (χ1n) is 5.90. The Bertz CT molecular complexity index is 645. The average Bonchev–Trinajstić information content (AvgIpc) is 2.98. The number of carbonyl (C=O) groups excluding carboxylic acids is 1. The Hall–Kier alpha value is -1.84. The maximum atomic E-state index is 11.6. The summed E-state index contributed by atoms with van der Waals surface area (Å²) in [4.78, 5) is 18.7. The fraction of sp³-hybridized carbons (Fsp3) is 0.214. The first kappa shape index (κ1) is 14.6. The Morgan fingerprint density at radius 1 is 1.45 bits per heavy atom. The van der Waals surface area contributed by atoms with E-state index in [0.29, 0.717) is 10.6 Å². The van der Waals surface area contributed by atoms with Crippen molar-refractivity contribution in [2.24, 2.45) is 0 Å². The molecule has 102 valence electrons. The Morgan fingerprint density at radius 3 is 2.85 bits per heavy atom. The Labute approximate surface area is 126 Å². The zero-order chi connectivity index (χ0) is 14.5. The van der Waals surface area contributed by atoms with Crippen molar-refractivity contribution in [3.63, 3.8) is 0 Å². The van der Waals surface area contributed by atoms with Gasteiger partial charge in [-0.15, -0.1) is 11.3 Å². The largest absolute Gasteiger partial charge is 0.348 e. The summed E-state index contributed by atoms with van der Waals surface area (Å²) in [7, 11) is 3.42. The van der Waals surface area contributed by atoms with Crippen LogP contribution in [0.3, 0.4) is 0 Å². The molecule has 0 bridgehead atoms. The lowest BCUT2D eigenvalue weighted by Gasteiger charge is -2.10. The summed E-state index contributed by atoms with van der Waals surface area (Å²) < 4.78 is 0. The van der Waals surface area contributed by atoms with E-state index in [9.17, 15) is 4.79 Å². The second-order valence-electron chi connectivity index (χ2n) is 4.22. The van der Waals surface area contributed by atoms with E-state index < -0.39 is 0 Å². The normalized spacial score (nSPS) is 10.1. The maximum Gasteiger partial charge on any atom is 0.232 e. The smallest absolute Gasteiger partial charge is 0.232 e. The molecule has 2 heterocycles. The highest BCUT2D eigenvalue weighted by Gasteiger charge is 2.11. The van der Waals surface area contributed by atoms with Crippen LogP contribution in [0, 0.1) is 11.3 Å². The van der Waals surface area contributed by atoms with Gasteiger partial charge in [0.1, 0.15) is 11.1 Å². The van der Waals surface area contributed by atoms with Crippen molar-refractivity contribution >= 4 is 29.0 Å². The lowest BCUT2D eigenvalue weighted by Crippen LogP contribution is -2.23. The number of carbonyl (C=O) groups is 1. The number of thiophene rings is 1. The number of hydrogen-bond acceptors (Lipinski definition) is 5. The molecule has 0 aliphatic rings. The van der Waals surface area contributed by atoms with Gasteiger partial charge in [-0.2, -0.15) is 5.26 Å².